The van der Waals surface area contributed by atoms with Crippen LogP contribution in [0.3, 0.4) is 0 Å². The lowest BCUT2D eigenvalue weighted by Crippen LogP contribution is -1.93. The second-order valence-electron chi connectivity index (χ2n) is 4.66. The molecule has 100 valence electrons. The summed E-state index contributed by atoms with van der Waals surface area (Å²) >= 11 is 1.88. The first-order valence-corrected chi connectivity index (χ1v) is 7.47. The van der Waals surface area contributed by atoms with Gasteiger partial charge in [-0.25, -0.2) is 0 Å². The van der Waals surface area contributed by atoms with Crippen LogP contribution in [0, 0.1) is 6.92 Å². The zero-order valence-electron chi connectivity index (χ0n) is 11.2. The Kier molecular flexibility index (Phi) is 4.74. The van der Waals surface area contributed by atoms with Crippen molar-refractivity contribution in [2.45, 2.75) is 24.7 Å². The van der Waals surface area contributed by atoms with Crippen LogP contribution >= 0.6 is 11.8 Å². The third kappa shape index (κ3) is 3.93. The van der Waals surface area contributed by atoms with Gasteiger partial charge in [0, 0.05) is 16.3 Å². The Balaban J connectivity index is 1.81. The van der Waals surface area contributed by atoms with Crippen LogP contribution in [0.5, 0.6) is 0 Å². The molecular weight excluding hydrogens is 252 g/mol. The zero-order chi connectivity index (χ0) is 13.7. The molecule has 0 atom stereocenters. The summed E-state index contributed by atoms with van der Waals surface area (Å²) in [4.78, 5) is 1.29. The van der Waals surface area contributed by atoms with E-state index in [0.29, 0.717) is 0 Å². The van der Waals surface area contributed by atoms with Crippen molar-refractivity contribution < 1.29 is 0 Å². The largest absolute Gasteiger partial charge is 0.399 e. The maximum absolute atomic E-state index is 5.90. The molecule has 0 aliphatic carbocycles. The summed E-state index contributed by atoms with van der Waals surface area (Å²) < 4.78 is 0. The van der Waals surface area contributed by atoms with E-state index in [1.165, 1.54) is 16.0 Å². The van der Waals surface area contributed by atoms with Crippen molar-refractivity contribution in [2.75, 3.05) is 17.2 Å². The molecule has 0 aliphatic rings. The van der Waals surface area contributed by atoms with Crippen molar-refractivity contribution in [2.24, 2.45) is 0 Å². The molecule has 2 aromatic rings. The van der Waals surface area contributed by atoms with Crippen LogP contribution in [0.2, 0.25) is 0 Å². The van der Waals surface area contributed by atoms with Gasteiger partial charge in [-0.15, -0.1) is 11.8 Å². The summed E-state index contributed by atoms with van der Waals surface area (Å²) in [5.41, 5.74) is 15.8. The minimum atomic E-state index is 0.827. The molecule has 0 spiro atoms. The highest BCUT2D eigenvalue weighted by Crippen LogP contribution is 2.26. The number of hydrogen-bond donors (Lipinski definition) is 2. The van der Waals surface area contributed by atoms with Crippen molar-refractivity contribution >= 4 is 23.1 Å². The van der Waals surface area contributed by atoms with Crippen LogP contribution in [0.1, 0.15) is 17.5 Å². The second kappa shape index (κ2) is 6.53. The van der Waals surface area contributed by atoms with Gasteiger partial charge in [-0.2, -0.15) is 0 Å². The monoisotopic (exact) mass is 272 g/mol. The summed E-state index contributed by atoms with van der Waals surface area (Å²) in [5.74, 6) is 1.11. The molecule has 0 fully saturated rings. The fraction of sp³-hybridized carbons (Fsp3) is 0.250. The number of rotatable bonds is 5. The van der Waals surface area contributed by atoms with Crippen molar-refractivity contribution in [1.29, 1.82) is 0 Å². The van der Waals surface area contributed by atoms with Gasteiger partial charge >= 0.3 is 0 Å². The summed E-state index contributed by atoms with van der Waals surface area (Å²) in [5, 5.41) is 0. The van der Waals surface area contributed by atoms with E-state index in [-0.39, 0.29) is 0 Å². The van der Waals surface area contributed by atoms with Gasteiger partial charge in [-0.3, -0.25) is 0 Å². The van der Waals surface area contributed by atoms with E-state index in [0.717, 1.165) is 30.0 Å². The molecule has 19 heavy (non-hydrogen) atoms. The Morgan fingerprint density at radius 3 is 2.47 bits per heavy atom. The second-order valence-corrected chi connectivity index (χ2v) is 5.80. The molecule has 0 bridgehead atoms. The highest BCUT2D eigenvalue weighted by atomic mass is 32.2. The lowest BCUT2D eigenvalue weighted by molar-refractivity contribution is 0.933. The van der Waals surface area contributed by atoms with Crippen LogP contribution in [0.25, 0.3) is 0 Å². The highest BCUT2D eigenvalue weighted by Gasteiger charge is 2.01. The van der Waals surface area contributed by atoms with Crippen LogP contribution < -0.4 is 11.5 Å². The summed E-state index contributed by atoms with van der Waals surface area (Å²) in [6.45, 7) is 2.08. The number of benzene rings is 2. The quantitative estimate of drug-likeness (QED) is 0.493. The van der Waals surface area contributed by atoms with Crippen LogP contribution in [0.4, 0.5) is 11.4 Å². The third-order valence-electron chi connectivity index (χ3n) is 3.17. The van der Waals surface area contributed by atoms with Gasteiger partial charge < -0.3 is 11.5 Å². The van der Waals surface area contributed by atoms with E-state index in [1.807, 2.05) is 36.0 Å². The van der Waals surface area contributed by atoms with E-state index in [9.17, 15) is 0 Å². The maximum Gasteiger partial charge on any atom is 0.0354 e. The Morgan fingerprint density at radius 2 is 1.74 bits per heavy atom. The fourth-order valence-electron chi connectivity index (χ4n) is 1.93. The van der Waals surface area contributed by atoms with Crippen LogP contribution in [0.15, 0.2) is 47.4 Å². The molecule has 0 aromatic heterocycles. The highest BCUT2D eigenvalue weighted by molar-refractivity contribution is 7.99. The van der Waals surface area contributed by atoms with Gasteiger partial charge in [0.15, 0.2) is 0 Å². The van der Waals surface area contributed by atoms with Crippen molar-refractivity contribution in [3.05, 3.63) is 53.6 Å². The summed E-state index contributed by atoms with van der Waals surface area (Å²) in [6, 6.07) is 14.2. The number of anilines is 2. The molecule has 0 saturated heterocycles. The molecule has 0 amide bonds. The molecule has 3 heteroatoms. The summed E-state index contributed by atoms with van der Waals surface area (Å²) in [6.07, 6.45) is 2.25. The van der Waals surface area contributed by atoms with Gasteiger partial charge in [-0.1, -0.05) is 18.2 Å². The van der Waals surface area contributed by atoms with E-state index in [2.05, 4.69) is 25.1 Å². The lowest BCUT2D eigenvalue weighted by atomic mass is 10.1. The smallest absolute Gasteiger partial charge is 0.0354 e. The third-order valence-corrected chi connectivity index (χ3v) is 4.42. The van der Waals surface area contributed by atoms with E-state index in [1.54, 1.807) is 0 Å². The Labute approximate surface area is 119 Å². The molecule has 0 radical (unpaired) electrons. The Morgan fingerprint density at radius 1 is 1.00 bits per heavy atom. The topological polar surface area (TPSA) is 52.0 Å². The number of nitrogen functional groups attached to an aromatic ring is 2. The molecule has 2 rings (SSSR count). The number of nitrogens with two attached hydrogens (primary N) is 2. The Bertz CT molecular complexity index is 535. The lowest BCUT2D eigenvalue weighted by Gasteiger charge is -2.08. The fourth-order valence-corrected chi connectivity index (χ4v) is 2.95. The van der Waals surface area contributed by atoms with Gasteiger partial charge in [0.1, 0.15) is 0 Å². The average molecular weight is 272 g/mol. The van der Waals surface area contributed by atoms with E-state index < -0.39 is 0 Å². The first-order chi connectivity index (χ1) is 9.16. The molecule has 2 aromatic carbocycles. The van der Waals surface area contributed by atoms with Crippen molar-refractivity contribution in [1.82, 2.24) is 0 Å². The molecule has 0 unspecified atom stereocenters. The normalized spacial score (nSPS) is 10.6. The van der Waals surface area contributed by atoms with Crippen LogP contribution in [-0.4, -0.2) is 5.75 Å². The van der Waals surface area contributed by atoms with Crippen molar-refractivity contribution in [3.63, 3.8) is 0 Å². The first kappa shape index (κ1) is 13.8. The van der Waals surface area contributed by atoms with Crippen molar-refractivity contribution in [3.8, 4) is 0 Å². The molecule has 0 saturated carbocycles. The SMILES string of the molecule is Cc1c(N)cccc1SCCCc1ccc(N)cc1. The van der Waals surface area contributed by atoms with Crippen LogP contribution in [-0.2, 0) is 6.42 Å². The molecular formula is C16H20N2S. The molecule has 4 N–H and O–H groups in total. The number of aryl methyl sites for hydroxylation is 1. The predicted molar refractivity (Wildman–Crippen MR) is 85.5 cm³/mol. The minimum absolute atomic E-state index is 0.827. The standard InChI is InChI=1S/C16H20N2S/c1-12-15(18)5-2-6-16(12)19-11-3-4-13-7-9-14(17)10-8-13/h2,5-10H,3-4,11,17-18H2,1H3. The number of hydrogen-bond acceptors (Lipinski definition) is 3. The zero-order valence-corrected chi connectivity index (χ0v) is 12.0. The van der Waals surface area contributed by atoms with Gasteiger partial charge in [0.2, 0.25) is 0 Å². The predicted octanol–water partition coefficient (Wildman–Crippen LogP) is 3.88. The first-order valence-electron chi connectivity index (χ1n) is 6.49. The van der Waals surface area contributed by atoms with Gasteiger partial charge in [-0.05, 0) is 60.9 Å². The summed E-state index contributed by atoms with van der Waals surface area (Å²) in [7, 11) is 0. The molecule has 2 nitrogen and oxygen atoms in total. The van der Waals surface area contributed by atoms with E-state index in [4.69, 9.17) is 11.5 Å². The Hall–Kier alpha value is -1.61. The van der Waals surface area contributed by atoms with E-state index >= 15 is 0 Å². The molecule has 0 aliphatic heterocycles. The molecule has 0 heterocycles. The average Bonchev–Trinajstić information content (AvgIpc) is 2.41. The minimum Gasteiger partial charge on any atom is -0.399 e. The van der Waals surface area contributed by atoms with Gasteiger partial charge in [0.05, 0.1) is 0 Å². The van der Waals surface area contributed by atoms with Gasteiger partial charge in [0.25, 0.3) is 0 Å². The number of thioether (sulfide) groups is 1. The maximum atomic E-state index is 5.90.